The van der Waals surface area contributed by atoms with Crippen LogP contribution in [0.2, 0.25) is 0 Å². The van der Waals surface area contributed by atoms with Gasteiger partial charge in [0.2, 0.25) is 0 Å². The molecule has 0 unspecified atom stereocenters. The number of nitrogens with two attached hydrogens (primary N) is 1. The minimum Gasteiger partial charge on any atom is -0.477 e. The lowest BCUT2D eigenvalue weighted by Gasteiger charge is -1.94. The van der Waals surface area contributed by atoms with Crippen molar-refractivity contribution < 1.29 is 9.90 Å². The first kappa shape index (κ1) is 8.98. The maximum atomic E-state index is 10.7. The Balaban J connectivity index is 3.48. The molecule has 1 aromatic heterocycles. The molecule has 0 aromatic carbocycles. The van der Waals surface area contributed by atoms with E-state index in [1.54, 1.807) is 0 Å². The number of hydrogen-bond donors (Lipinski definition) is 2. The van der Waals surface area contributed by atoms with Crippen molar-refractivity contribution in [1.82, 2.24) is 9.78 Å². The fraction of sp³-hybridized carbons (Fsp3) is 0. The van der Waals surface area contributed by atoms with Gasteiger partial charge in [0.15, 0.2) is 11.6 Å². The molecule has 0 aliphatic rings. The van der Waals surface area contributed by atoms with Gasteiger partial charge in [-0.25, -0.2) is 14.5 Å². The summed E-state index contributed by atoms with van der Waals surface area (Å²) in [7, 11) is 0. The summed E-state index contributed by atoms with van der Waals surface area (Å²) in [5, 5.41) is 12.4. The van der Waals surface area contributed by atoms with Gasteiger partial charge >= 0.3 is 5.97 Å². The number of hydrogen-bond acceptors (Lipinski definition) is 4. The number of aromatic carboxylic acids is 1. The number of anilines is 1. The number of nitrogen functional groups attached to an aromatic ring is 1. The molecule has 6 nitrogen and oxygen atoms in total. The van der Waals surface area contributed by atoms with E-state index in [0.29, 0.717) is 0 Å². The van der Waals surface area contributed by atoms with Crippen LogP contribution in [0.1, 0.15) is 10.4 Å². The van der Waals surface area contributed by atoms with Crippen LogP contribution in [0.25, 0.3) is 6.20 Å². The maximum absolute atomic E-state index is 10.7. The summed E-state index contributed by atoms with van der Waals surface area (Å²) < 4.78 is 1.16. The molecule has 1 aromatic rings. The van der Waals surface area contributed by atoms with Crippen LogP contribution in [0, 0.1) is 0 Å². The van der Waals surface area contributed by atoms with Crippen LogP contribution in [0.4, 0.5) is 11.6 Å². The lowest BCUT2D eigenvalue weighted by atomic mass is 10.3. The number of nitrogens with zero attached hydrogens (tertiary/aromatic N) is 3. The molecule has 68 valence electrons. The van der Waals surface area contributed by atoms with Gasteiger partial charge < -0.3 is 10.8 Å². The molecule has 1 rings (SSSR count). The Hall–Kier alpha value is -2.11. The number of aliphatic imine (C=N–C) groups is 1. The van der Waals surface area contributed by atoms with Gasteiger partial charge in [0, 0.05) is 6.20 Å². The summed E-state index contributed by atoms with van der Waals surface area (Å²) in [4.78, 5) is 14.2. The Kier molecular flexibility index (Phi) is 2.14. The number of carboxylic acid groups (broad SMARTS) is 1. The van der Waals surface area contributed by atoms with Crippen LogP contribution in [-0.4, -0.2) is 27.6 Å². The van der Waals surface area contributed by atoms with E-state index < -0.39 is 5.97 Å². The highest BCUT2D eigenvalue weighted by Gasteiger charge is 2.19. The summed E-state index contributed by atoms with van der Waals surface area (Å²) in [5.74, 6) is -1.21. The first-order valence-corrected chi connectivity index (χ1v) is 3.32. The molecule has 0 spiro atoms. The molecular formula is C7H8N4O2. The van der Waals surface area contributed by atoms with Crippen LogP contribution in [0.5, 0.6) is 0 Å². The van der Waals surface area contributed by atoms with Gasteiger partial charge in [-0.15, -0.1) is 5.10 Å². The minimum atomic E-state index is -1.19. The van der Waals surface area contributed by atoms with E-state index in [2.05, 4.69) is 23.4 Å². The predicted molar refractivity (Wildman–Crippen MR) is 49.2 cm³/mol. The van der Waals surface area contributed by atoms with E-state index in [9.17, 15) is 4.79 Å². The largest absolute Gasteiger partial charge is 0.477 e. The molecule has 0 aliphatic heterocycles. The molecule has 0 saturated carbocycles. The molecule has 0 aliphatic carbocycles. The Bertz CT molecular complexity index is 380. The monoisotopic (exact) mass is 180 g/mol. The third-order valence-corrected chi connectivity index (χ3v) is 1.45. The van der Waals surface area contributed by atoms with E-state index in [4.69, 9.17) is 10.8 Å². The second-order valence-electron chi connectivity index (χ2n) is 2.17. The zero-order chi connectivity index (χ0) is 10.0. The van der Waals surface area contributed by atoms with Crippen LogP contribution >= 0.6 is 0 Å². The fourth-order valence-electron chi connectivity index (χ4n) is 0.927. The van der Waals surface area contributed by atoms with Gasteiger partial charge in [-0.2, -0.15) is 0 Å². The maximum Gasteiger partial charge on any atom is 0.343 e. The van der Waals surface area contributed by atoms with Crippen molar-refractivity contribution in [3.8, 4) is 0 Å². The summed E-state index contributed by atoms with van der Waals surface area (Å²) >= 11 is 0. The number of carbonyl (C=O) groups is 1. The SMILES string of the molecule is C=Cn1nc(N)c(C(=O)O)c1N=C. The lowest BCUT2D eigenvalue weighted by Crippen LogP contribution is -1.99. The van der Waals surface area contributed by atoms with Crippen molar-refractivity contribution in [3.63, 3.8) is 0 Å². The quantitative estimate of drug-likeness (QED) is 0.666. The highest BCUT2D eigenvalue weighted by molar-refractivity contribution is 5.98. The van der Waals surface area contributed by atoms with Gasteiger partial charge in [-0.05, 0) is 6.72 Å². The molecule has 3 N–H and O–H groups in total. The Morgan fingerprint density at radius 3 is 2.77 bits per heavy atom. The Labute approximate surface area is 74.0 Å². The molecule has 0 bridgehead atoms. The minimum absolute atomic E-state index is 0.0833. The average molecular weight is 180 g/mol. The third kappa shape index (κ3) is 1.28. The average Bonchev–Trinajstić information content (AvgIpc) is 2.41. The molecule has 0 radical (unpaired) electrons. The molecule has 1 heterocycles. The molecule has 13 heavy (non-hydrogen) atoms. The van der Waals surface area contributed by atoms with E-state index in [1.165, 1.54) is 6.20 Å². The van der Waals surface area contributed by atoms with Crippen molar-refractivity contribution >= 4 is 30.5 Å². The zero-order valence-electron chi connectivity index (χ0n) is 6.77. The molecular weight excluding hydrogens is 172 g/mol. The smallest absolute Gasteiger partial charge is 0.343 e. The van der Waals surface area contributed by atoms with Crippen molar-refractivity contribution in [2.75, 3.05) is 5.73 Å². The second kappa shape index (κ2) is 3.10. The van der Waals surface area contributed by atoms with E-state index in [1.807, 2.05) is 0 Å². The van der Waals surface area contributed by atoms with Crippen molar-refractivity contribution in [2.24, 2.45) is 4.99 Å². The van der Waals surface area contributed by atoms with Crippen molar-refractivity contribution in [1.29, 1.82) is 0 Å². The van der Waals surface area contributed by atoms with Crippen LogP contribution < -0.4 is 5.73 Å². The summed E-state index contributed by atoms with van der Waals surface area (Å²) in [5.41, 5.74) is 5.19. The normalized spacial score (nSPS) is 9.54. The van der Waals surface area contributed by atoms with Crippen molar-refractivity contribution in [3.05, 3.63) is 12.1 Å². The third-order valence-electron chi connectivity index (χ3n) is 1.45. The van der Waals surface area contributed by atoms with Crippen LogP contribution in [-0.2, 0) is 0 Å². The Morgan fingerprint density at radius 1 is 1.77 bits per heavy atom. The second-order valence-corrected chi connectivity index (χ2v) is 2.17. The Morgan fingerprint density at radius 2 is 2.38 bits per heavy atom. The fourth-order valence-corrected chi connectivity index (χ4v) is 0.927. The van der Waals surface area contributed by atoms with Gasteiger partial charge in [0.05, 0.1) is 0 Å². The van der Waals surface area contributed by atoms with E-state index in [-0.39, 0.29) is 17.2 Å². The summed E-state index contributed by atoms with van der Waals surface area (Å²) in [6.07, 6.45) is 1.30. The van der Waals surface area contributed by atoms with Gasteiger partial charge in [0.25, 0.3) is 0 Å². The molecule has 6 heteroatoms. The zero-order valence-corrected chi connectivity index (χ0v) is 6.77. The molecule has 0 saturated heterocycles. The lowest BCUT2D eigenvalue weighted by molar-refractivity contribution is 0.0699. The van der Waals surface area contributed by atoms with Gasteiger partial charge in [-0.1, -0.05) is 6.58 Å². The standard InChI is InChI=1S/C7H8N4O2/c1-3-11-6(9-2)4(7(12)13)5(8)10-11/h3H,1-2H2,(H2,8,10)(H,12,13). The van der Waals surface area contributed by atoms with Gasteiger partial charge in [-0.3, -0.25) is 0 Å². The van der Waals surface area contributed by atoms with Crippen LogP contribution in [0.15, 0.2) is 11.6 Å². The summed E-state index contributed by atoms with van der Waals surface area (Å²) in [6, 6.07) is 0. The summed E-state index contributed by atoms with van der Waals surface area (Å²) in [6.45, 7) is 6.64. The number of carboxylic acids is 1. The molecule has 0 atom stereocenters. The van der Waals surface area contributed by atoms with Crippen molar-refractivity contribution in [2.45, 2.75) is 0 Å². The van der Waals surface area contributed by atoms with Gasteiger partial charge in [0.1, 0.15) is 5.56 Å². The number of aromatic nitrogens is 2. The van der Waals surface area contributed by atoms with E-state index >= 15 is 0 Å². The highest BCUT2D eigenvalue weighted by Crippen LogP contribution is 2.24. The first-order chi connectivity index (χ1) is 6.11. The first-order valence-electron chi connectivity index (χ1n) is 3.32. The number of rotatable bonds is 3. The molecule has 0 amide bonds. The van der Waals surface area contributed by atoms with E-state index in [0.717, 1.165) is 4.68 Å². The molecule has 0 fully saturated rings. The highest BCUT2D eigenvalue weighted by atomic mass is 16.4. The predicted octanol–water partition coefficient (Wildman–Crippen LogP) is 0.596. The topological polar surface area (TPSA) is 93.5 Å². The van der Waals surface area contributed by atoms with Crippen LogP contribution in [0.3, 0.4) is 0 Å².